The van der Waals surface area contributed by atoms with E-state index in [0.29, 0.717) is 11.4 Å². The van der Waals surface area contributed by atoms with Gasteiger partial charge in [0.15, 0.2) is 0 Å². The van der Waals surface area contributed by atoms with Crippen molar-refractivity contribution in [3.05, 3.63) is 75.9 Å². The second-order valence-corrected chi connectivity index (χ2v) is 5.94. The molecule has 2 heterocycles. The summed E-state index contributed by atoms with van der Waals surface area (Å²) in [5.41, 5.74) is 0.347. The topological polar surface area (TPSA) is 86.1 Å². The Labute approximate surface area is 151 Å². The molecule has 0 aliphatic rings. The summed E-state index contributed by atoms with van der Waals surface area (Å²) in [5, 5.41) is 2.73. The number of carbonyl (C=O) groups excluding carboxylic acids is 1. The first kappa shape index (κ1) is 16.8. The number of hydrogen-bond donors (Lipinski definition) is 1. The maximum absolute atomic E-state index is 12.1. The van der Waals surface area contributed by atoms with Gasteiger partial charge in [0.05, 0.1) is 0 Å². The van der Waals surface area contributed by atoms with Crippen molar-refractivity contribution in [2.45, 2.75) is 6.54 Å². The first-order chi connectivity index (χ1) is 12.1. The molecular weight excluding hydrogens is 388 g/mol. The molecule has 8 heteroatoms. The standard InChI is InChI=1S/C17H13BrN4O3/c18-12-2-7-16(24)22(10-12)11-15(23)21-13-3-5-14(6-4-13)25-17-19-8-1-9-20-17/h1-10H,11H2,(H,21,23). The highest BCUT2D eigenvalue weighted by atomic mass is 79.9. The predicted molar refractivity (Wildman–Crippen MR) is 95.6 cm³/mol. The van der Waals surface area contributed by atoms with Crippen molar-refractivity contribution in [2.24, 2.45) is 0 Å². The van der Waals surface area contributed by atoms with Crippen LogP contribution in [0.3, 0.4) is 0 Å². The number of pyridine rings is 1. The molecule has 0 unspecified atom stereocenters. The first-order valence-corrected chi connectivity index (χ1v) is 8.10. The van der Waals surface area contributed by atoms with Crippen LogP contribution in [0.25, 0.3) is 0 Å². The maximum atomic E-state index is 12.1. The van der Waals surface area contributed by atoms with Crippen molar-refractivity contribution in [1.82, 2.24) is 14.5 Å². The molecule has 0 radical (unpaired) electrons. The number of halogens is 1. The van der Waals surface area contributed by atoms with E-state index < -0.39 is 0 Å². The van der Waals surface area contributed by atoms with Crippen molar-refractivity contribution < 1.29 is 9.53 Å². The molecule has 0 aliphatic carbocycles. The molecule has 0 atom stereocenters. The van der Waals surface area contributed by atoms with Gasteiger partial charge in [-0.3, -0.25) is 9.59 Å². The van der Waals surface area contributed by atoms with Crippen LogP contribution in [0.15, 0.2) is 70.3 Å². The molecule has 1 N–H and O–H groups in total. The second-order valence-electron chi connectivity index (χ2n) is 5.02. The number of carbonyl (C=O) groups is 1. The average molecular weight is 401 g/mol. The number of rotatable bonds is 5. The van der Waals surface area contributed by atoms with Gasteiger partial charge in [-0.15, -0.1) is 0 Å². The molecule has 1 amide bonds. The van der Waals surface area contributed by atoms with Crippen molar-refractivity contribution in [2.75, 3.05) is 5.32 Å². The zero-order chi connectivity index (χ0) is 17.6. The van der Waals surface area contributed by atoms with Crippen LogP contribution in [0.4, 0.5) is 5.69 Å². The van der Waals surface area contributed by atoms with Crippen molar-refractivity contribution in [1.29, 1.82) is 0 Å². The largest absolute Gasteiger partial charge is 0.424 e. The number of nitrogens with one attached hydrogen (secondary N) is 1. The fraction of sp³-hybridized carbons (Fsp3) is 0.0588. The quantitative estimate of drug-likeness (QED) is 0.711. The molecule has 126 valence electrons. The molecule has 0 saturated carbocycles. The molecule has 0 fully saturated rings. The highest BCUT2D eigenvalue weighted by molar-refractivity contribution is 9.10. The Morgan fingerprint density at radius 1 is 1.12 bits per heavy atom. The molecule has 1 aromatic carbocycles. The van der Waals surface area contributed by atoms with E-state index in [0.717, 1.165) is 4.47 Å². The van der Waals surface area contributed by atoms with Gasteiger partial charge in [0, 0.05) is 34.8 Å². The molecule has 2 aromatic heterocycles. The third-order valence-electron chi connectivity index (χ3n) is 3.15. The van der Waals surface area contributed by atoms with Crippen LogP contribution in [-0.4, -0.2) is 20.4 Å². The summed E-state index contributed by atoms with van der Waals surface area (Å²) in [6, 6.07) is 11.7. The Hall–Kier alpha value is -3.00. The smallest absolute Gasteiger partial charge is 0.321 e. The van der Waals surface area contributed by atoms with Gasteiger partial charge >= 0.3 is 6.01 Å². The van der Waals surface area contributed by atoms with Crippen molar-refractivity contribution in [3.8, 4) is 11.8 Å². The second kappa shape index (κ2) is 7.71. The summed E-state index contributed by atoms with van der Waals surface area (Å²) >= 11 is 3.27. The van der Waals surface area contributed by atoms with E-state index in [-0.39, 0.29) is 24.0 Å². The normalized spacial score (nSPS) is 10.3. The predicted octanol–water partition coefficient (Wildman–Crippen LogP) is 2.83. The molecule has 25 heavy (non-hydrogen) atoms. The fourth-order valence-corrected chi connectivity index (χ4v) is 2.41. The maximum Gasteiger partial charge on any atom is 0.321 e. The van der Waals surface area contributed by atoms with Crippen LogP contribution in [0, 0.1) is 0 Å². The highest BCUT2D eigenvalue weighted by Gasteiger charge is 2.06. The molecular formula is C17H13BrN4O3. The highest BCUT2D eigenvalue weighted by Crippen LogP contribution is 2.19. The minimum Gasteiger partial charge on any atom is -0.424 e. The molecule has 0 aliphatic heterocycles. The number of ether oxygens (including phenoxy) is 1. The van der Waals surface area contributed by atoms with Crippen LogP contribution >= 0.6 is 15.9 Å². The summed E-state index contributed by atoms with van der Waals surface area (Å²) in [4.78, 5) is 31.7. The summed E-state index contributed by atoms with van der Waals surface area (Å²) in [7, 11) is 0. The van der Waals surface area contributed by atoms with Crippen LogP contribution in [0.2, 0.25) is 0 Å². The van der Waals surface area contributed by atoms with E-state index in [2.05, 4.69) is 31.2 Å². The lowest BCUT2D eigenvalue weighted by Crippen LogP contribution is -2.26. The molecule has 7 nitrogen and oxygen atoms in total. The average Bonchev–Trinajstić information content (AvgIpc) is 2.61. The zero-order valence-corrected chi connectivity index (χ0v) is 14.5. The fourth-order valence-electron chi connectivity index (χ4n) is 2.03. The summed E-state index contributed by atoms with van der Waals surface area (Å²) in [6.07, 6.45) is 4.74. The lowest BCUT2D eigenvalue weighted by atomic mass is 10.3. The first-order valence-electron chi connectivity index (χ1n) is 7.31. The number of anilines is 1. The van der Waals surface area contributed by atoms with Gasteiger partial charge in [-0.1, -0.05) is 0 Å². The molecule has 0 bridgehead atoms. The van der Waals surface area contributed by atoms with Crippen LogP contribution < -0.4 is 15.6 Å². The summed E-state index contributed by atoms with van der Waals surface area (Å²) < 4.78 is 7.53. The van der Waals surface area contributed by atoms with Gasteiger partial charge in [0.25, 0.3) is 5.56 Å². The monoisotopic (exact) mass is 400 g/mol. The van der Waals surface area contributed by atoms with E-state index in [1.165, 1.54) is 10.6 Å². The Balaban J connectivity index is 1.62. The SMILES string of the molecule is O=C(Cn1cc(Br)ccc1=O)Nc1ccc(Oc2ncccn2)cc1. The van der Waals surface area contributed by atoms with E-state index in [9.17, 15) is 9.59 Å². The van der Waals surface area contributed by atoms with E-state index in [4.69, 9.17) is 4.74 Å². The Kier molecular flexibility index (Phi) is 5.20. The third kappa shape index (κ3) is 4.74. The van der Waals surface area contributed by atoms with Crippen LogP contribution in [-0.2, 0) is 11.3 Å². The molecule has 0 spiro atoms. The van der Waals surface area contributed by atoms with Crippen molar-refractivity contribution >= 4 is 27.5 Å². The van der Waals surface area contributed by atoms with E-state index >= 15 is 0 Å². The van der Waals surface area contributed by atoms with Crippen molar-refractivity contribution in [3.63, 3.8) is 0 Å². The van der Waals surface area contributed by atoms with Crippen LogP contribution in [0.1, 0.15) is 0 Å². The van der Waals surface area contributed by atoms with Crippen LogP contribution in [0.5, 0.6) is 11.8 Å². The van der Waals surface area contributed by atoms with Gasteiger partial charge in [-0.25, -0.2) is 9.97 Å². The molecule has 0 saturated heterocycles. The Morgan fingerprint density at radius 2 is 1.84 bits per heavy atom. The molecule has 3 rings (SSSR count). The van der Waals surface area contributed by atoms with Gasteiger partial charge in [0.1, 0.15) is 12.3 Å². The van der Waals surface area contributed by atoms with E-state index in [1.54, 1.807) is 55.0 Å². The lowest BCUT2D eigenvalue weighted by molar-refractivity contribution is -0.116. The molecule has 3 aromatic rings. The number of benzene rings is 1. The number of amides is 1. The van der Waals surface area contributed by atoms with Gasteiger partial charge in [-0.05, 0) is 52.3 Å². The number of nitrogens with zero attached hydrogens (tertiary/aromatic N) is 3. The van der Waals surface area contributed by atoms with Gasteiger partial charge < -0.3 is 14.6 Å². The number of hydrogen-bond acceptors (Lipinski definition) is 5. The minimum atomic E-state index is -0.305. The zero-order valence-electron chi connectivity index (χ0n) is 12.9. The third-order valence-corrected chi connectivity index (χ3v) is 3.62. The van der Waals surface area contributed by atoms with E-state index in [1.807, 2.05) is 0 Å². The minimum absolute atomic E-state index is 0.0750. The number of aromatic nitrogens is 3. The summed E-state index contributed by atoms with van der Waals surface area (Å²) in [5.74, 6) is 0.243. The van der Waals surface area contributed by atoms with Gasteiger partial charge in [-0.2, -0.15) is 0 Å². The Morgan fingerprint density at radius 3 is 2.56 bits per heavy atom. The Bertz CT molecular complexity index is 927. The summed E-state index contributed by atoms with van der Waals surface area (Å²) in [6.45, 7) is -0.0750. The van der Waals surface area contributed by atoms with Gasteiger partial charge in [0.2, 0.25) is 5.91 Å². The lowest BCUT2D eigenvalue weighted by Gasteiger charge is -2.08.